The van der Waals surface area contributed by atoms with Crippen LogP contribution in [0.3, 0.4) is 0 Å². The van der Waals surface area contributed by atoms with E-state index in [0.717, 1.165) is 12.8 Å². The quantitative estimate of drug-likeness (QED) is 0.579. The molecule has 0 spiro atoms. The zero-order valence-electron chi connectivity index (χ0n) is 10.6. The topological polar surface area (TPSA) is 47.3 Å². The Balaban J connectivity index is 1.97. The molecule has 0 bridgehead atoms. The molecule has 1 aromatic heterocycles. The first kappa shape index (κ1) is 13.0. The molecular weight excluding hydrogens is 232 g/mol. The second-order valence-electron chi connectivity index (χ2n) is 4.74. The van der Waals surface area contributed by atoms with Gasteiger partial charge in [0, 0.05) is 23.3 Å². The van der Waals surface area contributed by atoms with Gasteiger partial charge in [-0.2, -0.15) is 0 Å². The van der Waals surface area contributed by atoms with Gasteiger partial charge in [0.25, 0.3) is 0 Å². The first-order valence-electron chi connectivity index (χ1n) is 6.35. The van der Waals surface area contributed by atoms with Crippen LogP contribution in [0, 0.1) is 5.92 Å². The smallest absolute Gasteiger partial charge is 0.0769 e. The third-order valence-electron chi connectivity index (χ3n) is 3.46. The van der Waals surface area contributed by atoms with Crippen LogP contribution in [0.25, 0.3) is 0 Å². The Kier molecular flexibility index (Phi) is 4.56. The standard InChI is InChI=1S/C13H22N2OS/c1-3-10-6-7-11(17-10)8-12(15-14)13(16-2)9-4-5-9/h6-7,9,12-13,15H,3-5,8,14H2,1-2H3. The molecule has 1 aliphatic carbocycles. The maximum atomic E-state index is 5.68. The lowest BCUT2D eigenvalue weighted by molar-refractivity contribution is 0.0513. The molecule has 2 atom stereocenters. The van der Waals surface area contributed by atoms with Gasteiger partial charge in [-0.3, -0.25) is 11.3 Å². The molecule has 1 saturated carbocycles. The van der Waals surface area contributed by atoms with Crippen molar-refractivity contribution in [2.75, 3.05) is 7.11 Å². The molecule has 17 heavy (non-hydrogen) atoms. The fourth-order valence-corrected chi connectivity index (χ4v) is 3.33. The average molecular weight is 254 g/mol. The fraction of sp³-hybridized carbons (Fsp3) is 0.692. The van der Waals surface area contributed by atoms with Crippen LogP contribution >= 0.6 is 11.3 Å². The molecule has 1 aromatic rings. The van der Waals surface area contributed by atoms with Gasteiger partial charge in [-0.15, -0.1) is 11.3 Å². The van der Waals surface area contributed by atoms with E-state index in [2.05, 4.69) is 24.5 Å². The third kappa shape index (κ3) is 3.28. The molecule has 1 heterocycles. The van der Waals surface area contributed by atoms with Crippen LogP contribution in [0.2, 0.25) is 0 Å². The number of hydrogen-bond donors (Lipinski definition) is 2. The van der Waals surface area contributed by atoms with E-state index in [1.54, 1.807) is 7.11 Å². The molecule has 1 fully saturated rings. The van der Waals surface area contributed by atoms with E-state index in [1.807, 2.05) is 11.3 Å². The molecule has 0 saturated heterocycles. The van der Waals surface area contributed by atoms with Crippen LogP contribution < -0.4 is 11.3 Å². The largest absolute Gasteiger partial charge is 0.379 e. The third-order valence-corrected chi connectivity index (χ3v) is 4.71. The molecule has 0 radical (unpaired) electrons. The van der Waals surface area contributed by atoms with Crippen molar-refractivity contribution in [2.24, 2.45) is 11.8 Å². The fourth-order valence-electron chi connectivity index (χ4n) is 2.32. The lowest BCUT2D eigenvalue weighted by Gasteiger charge is -2.24. The van der Waals surface area contributed by atoms with Crippen LogP contribution in [0.15, 0.2) is 12.1 Å². The number of ether oxygens (including phenoxy) is 1. The van der Waals surface area contributed by atoms with Crippen molar-refractivity contribution in [1.29, 1.82) is 0 Å². The van der Waals surface area contributed by atoms with E-state index >= 15 is 0 Å². The minimum atomic E-state index is 0.232. The predicted octanol–water partition coefficient (Wildman–Crippen LogP) is 2.11. The molecule has 0 aliphatic heterocycles. The molecule has 3 N–H and O–H groups in total. The van der Waals surface area contributed by atoms with Gasteiger partial charge >= 0.3 is 0 Å². The highest BCUT2D eigenvalue weighted by Crippen LogP contribution is 2.36. The summed E-state index contributed by atoms with van der Waals surface area (Å²) in [5, 5.41) is 0. The van der Waals surface area contributed by atoms with Gasteiger partial charge in [0.1, 0.15) is 0 Å². The number of nitrogens with two attached hydrogens (primary N) is 1. The van der Waals surface area contributed by atoms with Crippen LogP contribution in [0.1, 0.15) is 29.5 Å². The van der Waals surface area contributed by atoms with Crippen molar-refractivity contribution in [3.63, 3.8) is 0 Å². The van der Waals surface area contributed by atoms with Crippen LogP contribution in [-0.4, -0.2) is 19.3 Å². The molecular formula is C13H22N2OS. The van der Waals surface area contributed by atoms with Gasteiger partial charge in [0.2, 0.25) is 0 Å². The van der Waals surface area contributed by atoms with Crippen molar-refractivity contribution in [3.05, 3.63) is 21.9 Å². The summed E-state index contributed by atoms with van der Waals surface area (Å²) >= 11 is 1.89. The van der Waals surface area contributed by atoms with Crippen LogP contribution in [-0.2, 0) is 17.6 Å². The van der Waals surface area contributed by atoms with Crippen molar-refractivity contribution < 1.29 is 4.74 Å². The summed E-state index contributed by atoms with van der Waals surface area (Å²) in [5.41, 5.74) is 2.93. The zero-order chi connectivity index (χ0) is 12.3. The average Bonchev–Trinajstić information content (AvgIpc) is 3.08. The highest BCUT2D eigenvalue weighted by molar-refractivity contribution is 7.11. The second kappa shape index (κ2) is 5.96. The predicted molar refractivity (Wildman–Crippen MR) is 72.0 cm³/mol. The number of nitrogens with one attached hydrogen (secondary N) is 1. The maximum Gasteiger partial charge on any atom is 0.0769 e. The molecule has 4 heteroatoms. The summed E-state index contributed by atoms with van der Waals surface area (Å²) in [6.07, 6.45) is 4.90. The Morgan fingerprint density at radius 1 is 1.47 bits per heavy atom. The van der Waals surface area contributed by atoms with Crippen molar-refractivity contribution in [2.45, 2.75) is 44.8 Å². The molecule has 2 unspecified atom stereocenters. The molecule has 0 amide bonds. The number of rotatable bonds is 7. The summed E-state index contributed by atoms with van der Waals surface area (Å²) in [6, 6.07) is 4.66. The van der Waals surface area contributed by atoms with E-state index < -0.39 is 0 Å². The van der Waals surface area contributed by atoms with E-state index in [-0.39, 0.29) is 12.1 Å². The Morgan fingerprint density at radius 3 is 2.65 bits per heavy atom. The van der Waals surface area contributed by atoms with Crippen molar-refractivity contribution in [1.82, 2.24) is 5.43 Å². The van der Waals surface area contributed by atoms with E-state index in [0.29, 0.717) is 5.92 Å². The molecule has 96 valence electrons. The minimum absolute atomic E-state index is 0.232. The van der Waals surface area contributed by atoms with Crippen LogP contribution in [0.4, 0.5) is 0 Å². The lowest BCUT2D eigenvalue weighted by atomic mass is 10.0. The Labute approximate surface area is 107 Å². The maximum absolute atomic E-state index is 5.68. The van der Waals surface area contributed by atoms with E-state index in [1.165, 1.54) is 22.6 Å². The number of hydrazine groups is 1. The summed E-state index contributed by atoms with van der Waals surface area (Å²) in [5.74, 6) is 6.38. The van der Waals surface area contributed by atoms with Gasteiger partial charge in [-0.05, 0) is 37.3 Å². The normalized spacial score (nSPS) is 19.2. The lowest BCUT2D eigenvalue weighted by Crippen LogP contribution is -2.47. The van der Waals surface area contributed by atoms with Gasteiger partial charge in [-0.1, -0.05) is 6.92 Å². The zero-order valence-corrected chi connectivity index (χ0v) is 11.4. The first-order chi connectivity index (χ1) is 8.28. The summed E-state index contributed by atoms with van der Waals surface area (Å²) < 4.78 is 5.59. The number of aryl methyl sites for hydroxylation is 1. The number of hydrogen-bond acceptors (Lipinski definition) is 4. The summed E-state index contributed by atoms with van der Waals surface area (Å²) in [4.78, 5) is 2.84. The molecule has 2 rings (SSSR count). The highest BCUT2D eigenvalue weighted by Gasteiger charge is 2.36. The van der Waals surface area contributed by atoms with Crippen LogP contribution in [0.5, 0.6) is 0 Å². The minimum Gasteiger partial charge on any atom is -0.379 e. The van der Waals surface area contributed by atoms with Gasteiger partial charge in [0.05, 0.1) is 12.1 Å². The number of thiophene rings is 1. The molecule has 0 aromatic carbocycles. The second-order valence-corrected chi connectivity index (χ2v) is 5.99. The van der Waals surface area contributed by atoms with Crippen molar-refractivity contribution in [3.8, 4) is 0 Å². The van der Waals surface area contributed by atoms with Gasteiger partial charge in [0.15, 0.2) is 0 Å². The van der Waals surface area contributed by atoms with Crippen molar-refractivity contribution >= 4 is 11.3 Å². The number of methoxy groups -OCH3 is 1. The summed E-state index contributed by atoms with van der Waals surface area (Å²) in [7, 11) is 1.79. The molecule has 1 aliphatic rings. The monoisotopic (exact) mass is 254 g/mol. The Hall–Kier alpha value is -0.420. The summed E-state index contributed by atoms with van der Waals surface area (Å²) in [6.45, 7) is 2.19. The SMILES string of the molecule is CCc1ccc(CC(NN)C(OC)C2CC2)s1. The van der Waals surface area contributed by atoms with E-state index in [9.17, 15) is 0 Å². The van der Waals surface area contributed by atoms with Gasteiger partial charge in [-0.25, -0.2) is 0 Å². The van der Waals surface area contributed by atoms with Gasteiger partial charge < -0.3 is 4.74 Å². The van der Waals surface area contributed by atoms with E-state index in [4.69, 9.17) is 10.6 Å². The Morgan fingerprint density at radius 2 is 2.18 bits per heavy atom. The highest BCUT2D eigenvalue weighted by atomic mass is 32.1. The first-order valence-corrected chi connectivity index (χ1v) is 7.16. The Bertz CT molecular complexity index is 349. The molecule has 3 nitrogen and oxygen atoms in total.